The predicted molar refractivity (Wildman–Crippen MR) is 97.1 cm³/mol. The lowest BCUT2D eigenvalue weighted by Gasteiger charge is -2.12. The molecule has 24 heavy (non-hydrogen) atoms. The molecule has 3 heteroatoms. The Morgan fingerprint density at radius 3 is 2.50 bits per heavy atom. The van der Waals surface area contributed by atoms with E-state index in [4.69, 9.17) is 0 Å². The predicted octanol–water partition coefficient (Wildman–Crippen LogP) is 3.62. The molecule has 0 aliphatic heterocycles. The lowest BCUT2D eigenvalue weighted by atomic mass is 10.1. The number of hydrogen-bond donors (Lipinski definition) is 1. The Hall–Kier alpha value is -2.55. The Kier molecular flexibility index (Phi) is 3.85. The fourth-order valence-corrected chi connectivity index (χ4v) is 3.80. The minimum atomic E-state index is 0.142. The maximum absolute atomic E-state index is 12.3. The van der Waals surface area contributed by atoms with Crippen LogP contribution in [0.3, 0.4) is 0 Å². The van der Waals surface area contributed by atoms with Gasteiger partial charge in [-0.3, -0.25) is 4.79 Å². The van der Waals surface area contributed by atoms with Crippen LogP contribution in [0.5, 0.6) is 0 Å². The van der Waals surface area contributed by atoms with Gasteiger partial charge in [0.1, 0.15) is 0 Å². The second-order valence-electron chi connectivity index (χ2n) is 6.71. The molecule has 0 spiro atoms. The van der Waals surface area contributed by atoms with Crippen molar-refractivity contribution in [1.29, 1.82) is 0 Å². The van der Waals surface area contributed by atoms with E-state index in [2.05, 4.69) is 65.5 Å². The highest BCUT2D eigenvalue weighted by Gasteiger charge is 2.22. The number of benzene rings is 2. The second-order valence-corrected chi connectivity index (χ2v) is 6.71. The van der Waals surface area contributed by atoms with Crippen LogP contribution < -0.4 is 5.32 Å². The number of carbonyl (C=O) groups excluding carboxylic acids is 1. The van der Waals surface area contributed by atoms with Crippen molar-refractivity contribution in [2.24, 2.45) is 0 Å². The highest BCUT2D eigenvalue weighted by atomic mass is 16.1. The Labute approximate surface area is 142 Å². The van der Waals surface area contributed by atoms with Gasteiger partial charge in [0.05, 0.1) is 0 Å². The van der Waals surface area contributed by atoms with Crippen LogP contribution in [-0.4, -0.2) is 16.5 Å². The summed E-state index contributed by atoms with van der Waals surface area (Å²) in [7, 11) is 0. The van der Waals surface area contributed by atoms with Gasteiger partial charge in [-0.2, -0.15) is 0 Å². The molecule has 1 aliphatic carbocycles. The zero-order valence-electron chi connectivity index (χ0n) is 14.0. The Morgan fingerprint density at radius 2 is 1.75 bits per heavy atom. The molecule has 1 N–H and O–H groups in total. The third kappa shape index (κ3) is 2.82. The molecule has 1 heterocycles. The average molecular weight is 318 g/mol. The van der Waals surface area contributed by atoms with Crippen molar-refractivity contribution < 1.29 is 4.79 Å². The largest absolute Gasteiger partial charge is 0.353 e. The monoisotopic (exact) mass is 318 g/mol. The van der Waals surface area contributed by atoms with E-state index in [0.717, 1.165) is 19.4 Å². The molecule has 1 aliphatic rings. The van der Waals surface area contributed by atoms with E-state index in [-0.39, 0.29) is 11.9 Å². The van der Waals surface area contributed by atoms with Crippen LogP contribution in [0.1, 0.15) is 23.1 Å². The van der Waals surface area contributed by atoms with E-state index in [1.54, 1.807) is 0 Å². The normalized spacial score (nSPS) is 14.0. The molecule has 122 valence electrons. The van der Waals surface area contributed by atoms with Gasteiger partial charge in [0, 0.05) is 36.1 Å². The number of hydrogen-bond acceptors (Lipinski definition) is 1. The summed E-state index contributed by atoms with van der Waals surface area (Å²) in [6.45, 7) is 2.84. The van der Waals surface area contributed by atoms with Crippen molar-refractivity contribution in [3.63, 3.8) is 0 Å². The highest BCUT2D eigenvalue weighted by molar-refractivity contribution is 5.84. The van der Waals surface area contributed by atoms with Gasteiger partial charge < -0.3 is 9.88 Å². The van der Waals surface area contributed by atoms with Gasteiger partial charge in [0.15, 0.2) is 0 Å². The molecule has 0 unspecified atom stereocenters. The van der Waals surface area contributed by atoms with E-state index < -0.39 is 0 Å². The fraction of sp³-hybridized carbons (Fsp3) is 0.286. The number of rotatable bonds is 4. The number of carbonyl (C=O) groups is 1. The van der Waals surface area contributed by atoms with E-state index >= 15 is 0 Å². The Morgan fingerprint density at radius 1 is 1.08 bits per heavy atom. The SMILES string of the molecule is Cc1cn(CCC(=O)NC2Cc3ccccc3C2)c2ccccc12. The number of amides is 1. The summed E-state index contributed by atoms with van der Waals surface area (Å²) in [5.41, 5.74) is 5.21. The molecule has 3 nitrogen and oxygen atoms in total. The number of para-hydroxylation sites is 1. The standard InChI is InChI=1S/C21H22N2O/c1-15-14-23(20-9-5-4-8-19(15)20)11-10-21(24)22-18-12-16-6-2-3-7-17(16)13-18/h2-9,14,18H,10-13H2,1H3,(H,22,24). The molecule has 4 rings (SSSR count). The molecule has 0 saturated carbocycles. The fourth-order valence-electron chi connectivity index (χ4n) is 3.80. The zero-order valence-corrected chi connectivity index (χ0v) is 14.0. The van der Waals surface area contributed by atoms with Crippen molar-refractivity contribution >= 4 is 16.8 Å². The van der Waals surface area contributed by atoms with Crippen LogP contribution in [0.2, 0.25) is 0 Å². The summed E-state index contributed by atoms with van der Waals surface area (Å²) >= 11 is 0. The number of aromatic nitrogens is 1. The van der Waals surface area contributed by atoms with Crippen LogP contribution in [0.4, 0.5) is 0 Å². The van der Waals surface area contributed by atoms with Crippen molar-refractivity contribution in [3.05, 3.63) is 71.4 Å². The number of nitrogens with one attached hydrogen (secondary N) is 1. The minimum Gasteiger partial charge on any atom is -0.353 e. The van der Waals surface area contributed by atoms with Crippen molar-refractivity contribution in [3.8, 4) is 0 Å². The van der Waals surface area contributed by atoms with Gasteiger partial charge in [-0.1, -0.05) is 42.5 Å². The topological polar surface area (TPSA) is 34.0 Å². The molecule has 0 saturated heterocycles. The first kappa shape index (κ1) is 15.0. The third-order valence-electron chi connectivity index (χ3n) is 4.98. The lowest BCUT2D eigenvalue weighted by Crippen LogP contribution is -2.35. The first-order valence-corrected chi connectivity index (χ1v) is 8.61. The van der Waals surface area contributed by atoms with Gasteiger partial charge in [-0.05, 0) is 42.5 Å². The summed E-state index contributed by atoms with van der Waals surface area (Å²) in [6, 6.07) is 17.1. The third-order valence-corrected chi connectivity index (χ3v) is 4.98. The maximum atomic E-state index is 12.3. The van der Waals surface area contributed by atoms with Crippen molar-refractivity contribution in [2.45, 2.75) is 38.8 Å². The van der Waals surface area contributed by atoms with Gasteiger partial charge in [0.25, 0.3) is 0 Å². The van der Waals surface area contributed by atoms with Crippen molar-refractivity contribution in [1.82, 2.24) is 9.88 Å². The quantitative estimate of drug-likeness (QED) is 0.783. The first-order chi connectivity index (χ1) is 11.7. The molecule has 2 aromatic carbocycles. The summed E-state index contributed by atoms with van der Waals surface area (Å²) in [6.07, 6.45) is 4.56. The molecular formula is C21H22N2O. The van der Waals surface area contributed by atoms with Crippen LogP contribution in [0.15, 0.2) is 54.7 Å². The number of nitrogens with zero attached hydrogens (tertiary/aromatic N) is 1. The van der Waals surface area contributed by atoms with E-state index in [0.29, 0.717) is 6.42 Å². The van der Waals surface area contributed by atoms with Crippen LogP contribution in [0.25, 0.3) is 10.9 Å². The molecule has 0 radical (unpaired) electrons. The van der Waals surface area contributed by atoms with Gasteiger partial charge in [-0.15, -0.1) is 0 Å². The van der Waals surface area contributed by atoms with E-state index in [1.165, 1.54) is 27.6 Å². The molecule has 3 aromatic rings. The van der Waals surface area contributed by atoms with E-state index in [9.17, 15) is 4.79 Å². The number of fused-ring (bicyclic) bond motifs is 2. The first-order valence-electron chi connectivity index (χ1n) is 8.61. The van der Waals surface area contributed by atoms with Crippen molar-refractivity contribution in [2.75, 3.05) is 0 Å². The molecule has 1 amide bonds. The van der Waals surface area contributed by atoms with Crippen LogP contribution in [0, 0.1) is 6.92 Å². The Balaban J connectivity index is 1.37. The lowest BCUT2D eigenvalue weighted by molar-refractivity contribution is -0.121. The highest BCUT2D eigenvalue weighted by Crippen LogP contribution is 2.22. The molecule has 0 bridgehead atoms. The van der Waals surface area contributed by atoms with Crippen LogP contribution >= 0.6 is 0 Å². The van der Waals surface area contributed by atoms with Gasteiger partial charge in [0.2, 0.25) is 5.91 Å². The zero-order chi connectivity index (χ0) is 16.5. The maximum Gasteiger partial charge on any atom is 0.222 e. The Bertz CT molecular complexity index is 869. The molecule has 0 fully saturated rings. The molecule has 1 aromatic heterocycles. The summed E-state index contributed by atoms with van der Waals surface area (Å²) in [5, 5.41) is 4.47. The summed E-state index contributed by atoms with van der Waals surface area (Å²) < 4.78 is 2.19. The summed E-state index contributed by atoms with van der Waals surface area (Å²) in [4.78, 5) is 12.3. The second kappa shape index (κ2) is 6.16. The summed E-state index contributed by atoms with van der Waals surface area (Å²) in [5.74, 6) is 0.142. The smallest absolute Gasteiger partial charge is 0.222 e. The number of aryl methyl sites for hydroxylation is 2. The average Bonchev–Trinajstić information content (AvgIpc) is 3.14. The minimum absolute atomic E-state index is 0.142. The molecular weight excluding hydrogens is 296 g/mol. The van der Waals surface area contributed by atoms with Gasteiger partial charge in [-0.25, -0.2) is 0 Å². The van der Waals surface area contributed by atoms with E-state index in [1.807, 2.05) is 6.07 Å². The van der Waals surface area contributed by atoms with Gasteiger partial charge >= 0.3 is 0 Å². The molecule has 0 atom stereocenters. The van der Waals surface area contributed by atoms with Crippen LogP contribution in [-0.2, 0) is 24.2 Å².